The average molecular weight is 389 g/mol. The summed E-state index contributed by atoms with van der Waals surface area (Å²) >= 11 is 0. The second kappa shape index (κ2) is 11.9. The molecule has 0 aliphatic carbocycles. The number of amides is 2. The van der Waals surface area contributed by atoms with Gasteiger partial charge in [0, 0.05) is 6.04 Å². The van der Waals surface area contributed by atoms with E-state index in [4.69, 9.17) is 5.73 Å². The molecular formula is C24H40N2O2. The maximum atomic E-state index is 13.1. The molecule has 0 aliphatic heterocycles. The van der Waals surface area contributed by atoms with Gasteiger partial charge in [-0.25, -0.2) is 0 Å². The van der Waals surface area contributed by atoms with E-state index in [9.17, 15) is 9.59 Å². The SMILES string of the molecule is CCCCCCCC(C)N(C(=O)CC(N)=O)c1c(C(C)C)cccc1C(C)C. The molecular weight excluding hydrogens is 348 g/mol. The van der Waals surface area contributed by atoms with Gasteiger partial charge in [0.2, 0.25) is 11.8 Å². The van der Waals surface area contributed by atoms with E-state index in [0.29, 0.717) is 0 Å². The summed E-state index contributed by atoms with van der Waals surface area (Å²) < 4.78 is 0. The van der Waals surface area contributed by atoms with Crippen LogP contribution in [0.25, 0.3) is 0 Å². The van der Waals surface area contributed by atoms with E-state index in [1.54, 1.807) is 0 Å². The van der Waals surface area contributed by atoms with E-state index < -0.39 is 5.91 Å². The fraction of sp³-hybridized carbons (Fsp3) is 0.667. The molecule has 0 aliphatic rings. The zero-order chi connectivity index (χ0) is 21.3. The molecule has 0 aromatic heterocycles. The van der Waals surface area contributed by atoms with Crippen LogP contribution in [-0.4, -0.2) is 17.9 Å². The summed E-state index contributed by atoms with van der Waals surface area (Å²) in [7, 11) is 0. The molecule has 1 aromatic rings. The van der Waals surface area contributed by atoms with Crippen LogP contribution in [-0.2, 0) is 9.59 Å². The zero-order valence-corrected chi connectivity index (χ0v) is 18.8. The Kier molecular flexibility index (Phi) is 10.3. The van der Waals surface area contributed by atoms with E-state index >= 15 is 0 Å². The number of nitrogens with zero attached hydrogens (tertiary/aromatic N) is 1. The molecule has 0 saturated carbocycles. The molecule has 4 heteroatoms. The van der Waals surface area contributed by atoms with Gasteiger partial charge in [-0.15, -0.1) is 0 Å². The Labute approximate surface area is 171 Å². The number of unbranched alkanes of at least 4 members (excludes halogenated alkanes) is 4. The third kappa shape index (κ3) is 6.96. The minimum Gasteiger partial charge on any atom is -0.369 e. The molecule has 28 heavy (non-hydrogen) atoms. The lowest BCUT2D eigenvalue weighted by atomic mass is 9.90. The Balaban J connectivity index is 3.28. The molecule has 0 bridgehead atoms. The van der Waals surface area contributed by atoms with Crippen LogP contribution < -0.4 is 10.6 Å². The lowest BCUT2D eigenvalue weighted by molar-refractivity contribution is -0.126. The highest BCUT2D eigenvalue weighted by Gasteiger charge is 2.28. The highest BCUT2D eigenvalue weighted by atomic mass is 16.2. The van der Waals surface area contributed by atoms with Gasteiger partial charge in [0.15, 0.2) is 0 Å². The fourth-order valence-corrected chi connectivity index (χ4v) is 3.79. The summed E-state index contributed by atoms with van der Waals surface area (Å²) in [6.45, 7) is 12.9. The van der Waals surface area contributed by atoms with Crippen molar-refractivity contribution in [3.8, 4) is 0 Å². The van der Waals surface area contributed by atoms with Crippen molar-refractivity contribution in [2.45, 2.75) is 104 Å². The first-order valence-corrected chi connectivity index (χ1v) is 10.9. The highest BCUT2D eigenvalue weighted by Crippen LogP contribution is 2.37. The molecule has 0 radical (unpaired) electrons. The van der Waals surface area contributed by atoms with Gasteiger partial charge in [-0.05, 0) is 36.3 Å². The lowest BCUT2D eigenvalue weighted by Gasteiger charge is -2.34. The fourth-order valence-electron chi connectivity index (χ4n) is 3.79. The number of benzene rings is 1. The van der Waals surface area contributed by atoms with E-state index in [0.717, 1.165) is 29.7 Å². The molecule has 0 spiro atoms. The van der Waals surface area contributed by atoms with Crippen molar-refractivity contribution < 1.29 is 9.59 Å². The Morgan fingerprint density at radius 2 is 1.46 bits per heavy atom. The molecule has 1 atom stereocenters. The second-order valence-electron chi connectivity index (χ2n) is 8.55. The Hall–Kier alpha value is -1.84. The first-order chi connectivity index (χ1) is 13.2. The maximum Gasteiger partial charge on any atom is 0.236 e. The van der Waals surface area contributed by atoms with E-state index in [1.165, 1.54) is 25.7 Å². The molecule has 2 N–H and O–H groups in total. The number of rotatable bonds is 12. The average Bonchev–Trinajstić information content (AvgIpc) is 2.60. The monoisotopic (exact) mass is 388 g/mol. The van der Waals surface area contributed by atoms with E-state index in [-0.39, 0.29) is 30.2 Å². The predicted octanol–water partition coefficient (Wildman–Crippen LogP) is 5.89. The summed E-state index contributed by atoms with van der Waals surface area (Å²) in [5.74, 6) is -0.189. The number of hydrogen-bond acceptors (Lipinski definition) is 2. The van der Waals surface area contributed by atoms with Crippen molar-refractivity contribution in [2.24, 2.45) is 5.73 Å². The van der Waals surface area contributed by atoms with Crippen molar-refractivity contribution in [3.05, 3.63) is 29.3 Å². The standard InChI is InChI=1S/C24H40N2O2/c1-7-8-9-10-11-13-19(6)26(23(28)16-22(25)27)24-20(17(2)3)14-12-15-21(24)18(4)5/h12,14-15,17-19H,7-11,13,16H2,1-6H3,(H2,25,27). The van der Waals surface area contributed by atoms with Gasteiger partial charge in [-0.2, -0.15) is 0 Å². The third-order valence-electron chi connectivity index (χ3n) is 5.34. The molecule has 158 valence electrons. The first kappa shape index (κ1) is 24.2. The summed E-state index contributed by atoms with van der Waals surface area (Å²) in [5.41, 5.74) is 8.67. The largest absolute Gasteiger partial charge is 0.369 e. The van der Waals surface area contributed by atoms with Crippen molar-refractivity contribution in [1.29, 1.82) is 0 Å². The number of carbonyl (C=O) groups excluding carboxylic acids is 2. The van der Waals surface area contributed by atoms with Gasteiger partial charge in [-0.3, -0.25) is 9.59 Å². The topological polar surface area (TPSA) is 63.4 Å². The van der Waals surface area contributed by atoms with Crippen molar-refractivity contribution in [1.82, 2.24) is 0 Å². The van der Waals surface area contributed by atoms with Gasteiger partial charge in [0.05, 0.1) is 5.69 Å². The molecule has 1 rings (SSSR count). The van der Waals surface area contributed by atoms with Crippen LogP contribution in [0.4, 0.5) is 5.69 Å². The van der Waals surface area contributed by atoms with Gasteiger partial charge < -0.3 is 10.6 Å². The number of primary amides is 1. The van der Waals surface area contributed by atoms with Crippen molar-refractivity contribution in [2.75, 3.05) is 4.90 Å². The second-order valence-corrected chi connectivity index (χ2v) is 8.55. The zero-order valence-electron chi connectivity index (χ0n) is 18.8. The van der Waals surface area contributed by atoms with Gasteiger partial charge in [0.25, 0.3) is 0 Å². The van der Waals surface area contributed by atoms with Crippen LogP contribution in [0.15, 0.2) is 18.2 Å². The molecule has 2 amide bonds. The molecule has 4 nitrogen and oxygen atoms in total. The predicted molar refractivity (Wildman–Crippen MR) is 119 cm³/mol. The smallest absolute Gasteiger partial charge is 0.236 e. The number of anilines is 1. The lowest BCUT2D eigenvalue weighted by Crippen LogP contribution is -2.42. The minimum atomic E-state index is -0.571. The highest BCUT2D eigenvalue weighted by molar-refractivity contribution is 6.05. The Bertz CT molecular complexity index is 611. The number of hydrogen-bond donors (Lipinski definition) is 1. The Morgan fingerprint density at radius 3 is 1.93 bits per heavy atom. The summed E-state index contributed by atoms with van der Waals surface area (Å²) in [5, 5.41) is 0. The number of nitrogens with two attached hydrogens (primary N) is 1. The number of para-hydroxylation sites is 1. The van der Waals surface area contributed by atoms with Crippen molar-refractivity contribution >= 4 is 17.5 Å². The molecule has 0 saturated heterocycles. The summed E-state index contributed by atoms with van der Waals surface area (Å²) in [6.07, 6.45) is 6.66. The first-order valence-electron chi connectivity index (χ1n) is 10.9. The van der Waals surface area contributed by atoms with Crippen LogP contribution in [0.3, 0.4) is 0 Å². The van der Waals surface area contributed by atoms with Gasteiger partial charge >= 0.3 is 0 Å². The van der Waals surface area contributed by atoms with Gasteiger partial charge in [0.1, 0.15) is 6.42 Å². The Morgan fingerprint density at radius 1 is 0.929 bits per heavy atom. The minimum absolute atomic E-state index is 0.0332. The summed E-state index contributed by atoms with van der Waals surface area (Å²) in [6, 6.07) is 6.31. The third-order valence-corrected chi connectivity index (χ3v) is 5.34. The van der Waals surface area contributed by atoms with Crippen LogP contribution in [0.5, 0.6) is 0 Å². The quantitative estimate of drug-likeness (QED) is 0.358. The van der Waals surface area contributed by atoms with Crippen LogP contribution in [0.1, 0.15) is 109 Å². The van der Waals surface area contributed by atoms with Gasteiger partial charge in [-0.1, -0.05) is 84.9 Å². The normalized spacial score (nSPS) is 12.4. The van der Waals surface area contributed by atoms with E-state index in [1.807, 2.05) is 4.90 Å². The van der Waals surface area contributed by atoms with Crippen LogP contribution in [0, 0.1) is 0 Å². The molecule has 0 fully saturated rings. The molecule has 0 heterocycles. The number of carbonyl (C=O) groups is 2. The molecule has 1 unspecified atom stereocenters. The van der Waals surface area contributed by atoms with Crippen LogP contribution >= 0.6 is 0 Å². The van der Waals surface area contributed by atoms with E-state index in [2.05, 4.69) is 59.7 Å². The molecule has 1 aromatic carbocycles. The summed E-state index contributed by atoms with van der Waals surface area (Å²) in [4.78, 5) is 26.5. The van der Waals surface area contributed by atoms with Crippen LogP contribution in [0.2, 0.25) is 0 Å². The maximum absolute atomic E-state index is 13.1. The van der Waals surface area contributed by atoms with Crippen molar-refractivity contribution in [3.63, 3.8) is 0 Å².